The summed E-state index contributed by atoms with van der Waals surface area (Å²) in [6.45, 7) is 0. The number of para-hydroxylation sites is 2. The van der Waals surface area contributed by atoms with Crippen molar-refractivity contribution < 1.29 is 0 Å². The van der Waals surface area contributed by atoms with Crippen molar-refractivity contribution in [1.29, 1.82) is 0 Å². The van der Waals surface area contributed by atoms with Crippen molar-refractivity contribution in [1.82, 2.24) is 9.13 Å². The van der Waals surface area contributed by atoms with Crippen LogP contribution in [0.2, 0.25) is 0 Å². The molecular weight excluding hydrogens is 581 g/mol. The number of fused-ring (bicyclic) bond motifs is 8. The van der Waals surface area contributed by atoms with Crippen LogP contribution in [0.3, 0.4) is 0 Å². The molecule has 0 spiro atoms. The van der Waals surface area contributed by atoms with E-state index in [4.69, 9.17) is 0 Å². The molecule has 2 heterocycles. The quantitative estimate of drug-likeness (QED) is 0.187. The zero-order valence-electron chi connectivity index (χ0n) is 26.4. The minimum Gasteiger partial charge on any atom is -0.309 e. The molecule has 7 aromatic carbocycles. The monoisotopic (exact) mass is 612 g/mol. The Hall–Kier alpha value is -6.12. The number of hydrogen-bond acceptors (Lipinski definition) is 0. The molecule has 0 bridgehead atoms. The van der Waals surface area contributed by atoms with Gasteiger partial charge in [0.15, 0.2) is 0 Å². The molecule has 10 rings (SSSR count). The van der Waals surface area contributed by atoms with Crippen LogP contribution in [0.25, 0.3) is 76.9 Å². The van der Waals surface area contributed by atoms with E-state index in [2.05, 4.69) is 185 Å². The van der Waals surface area contributed by atoms with E-state index in [0.717, 1.165) is 6.42 Å². The van der Waals surface area contributed by atoms with Crippen LogP contribution >= 0.6 is 0 Å². The SMILES string of the molecule is C1=CC(c2ccc(-c3ccccc3)cc2)CC=C1n1c2ccccc2c2ccc3c(c4ccccc4n3-c3ccc4ccccc4c3)c21. The van der Waals surface area contributed by atoms with Gasteiger partial charge in [0.05, 0.1) is 22.1 Å². The fourth-order valence-corrected chi connectivity index (χ4v) is 7.95. The van der Waals surface area contributed by atoms with Gasteiger partial charge in [0.25, 0.3) is 0 Å². The summed E-state index contributed by atoms with van der Waals surface area (Å²) in [7, 11) is 0. The summed E-state index contributed by atoms with van der Waals surface area (Å²) in [6.07, 6.45) is 8.13. The molecule has 1 aliphatic rings. The summed E-state index contributed by atoms with van der Waals surface area (Å²) >= 11 is 0. The molecular formula is C46H32N2. The van der Waals surface area contributed by atoms with Crippen molar-refractivity contribution in [3.63, 3.8) is 0 Å². The molecule has 0 saturated heterocycles. The van der Waals surface area contributed by atoms with E-state index in [1.807, 2.05) is 0 Å². The molecule has 9 aromatic rings. The maximum Gasteiger partial charge on any atom is 0.0641 e. The first-order chi connectivity index (χ1) is 23.8. The van der Waals surface area contributed by atoms with E-state index in [0.29, 0.717) is 5.92 Å². The minimum atomic E-state index is 0.349. The summed E-state index contributed by atoms with van der Waals surface area (Å²) in [5.74, 6) is 0.349. The Morgan fingerprint density at radius 3 is 1.96 bits per heavy atom. The summed E-state index contributed by atoms with van der Waals surface area (Å²) < 4.78 is 4.95. The van der Waals surface area contributed by atoms with E-state index in [-0.39, 0.29) is 0 Å². The fourth-order valence-electron chi connectivity index (χ4n) is 7.95. The molecule has 48 heavy (non-hydrogen) atoms. The molecule has 0 amide bonds. The number of allylic oxidation sites excluding steroid dienone is 4. The fraction of sp³-hybridized carbons (Fsp3) is 0.0435. The highest BCUT2D eigenvalue weighted by molar-refractivity contribution is 6.26. The first-order valence-corrected chi connectivity index (χ1v) is 16.8. The molecule has 1 unspecified atom stereocenters. The predicted octanol–water partition coefficient (Wildman–Crippen LogP) is 12.3. The third kappa shape index (κ3) is 4.13. The summed E-state index contributed by atoms with van der Waals surface area (Å²) in [6, 6.07) is 57.5. The molecule has 0 radical (unpaired) electrons. The number of nitrogens with zero attached hydrogens (tertiary/aromatic N) is 2. The van der Waals surface area contributed by atoms with Crippen molar-refractivity contribution in [2.24, 2.45) is 0 Å². The van der Waals surface area contributed by atoms with Gasteiger partial charge in [0.1, 0.15) is 0 Å². The van der Waals surface area contributed by atoms with Gasteiger partial charge < -0.3 is 9.13 Å². The van der Waals surface area contributed by atoms with E-state index in [1.165, 1.54) is 82.5 Å². The molecule has 2 heteroatoms. The average molecular weight is 613 g/mol. The number of benzene rings is 7. The Labute approximate surface area is 279 Å². The van der Waals surface area contributed by atoms with Crippen LogP contribution in [-0.4, -0.2) is 9.13 Å². The van der Waals surface area contributed by atoms with Crippen LogP contribution < -0.4 is 0 Å². The van der Waals surface area contributed by atoms with Crippen LogP contribution in [0.5, 0.6) is 0 Å². The molecule has 0 N–H and O–H groups in total. The maximum atomic E-state index is 2.51. The van der Waals surface area contributed by atoms with E-state index in [9.17, 15) is 0 Å². The highest BCUT2D eigenvalue weighted by Crippen LogP contribution is 2.43. The van der Waals surface area contributed by atoms with Gasteiger partial charge in [0, 0.05) is 38.8 Å². The molecule has 0 aliphatic heterocycles. The summed E-state index contributed by atoms with van der Waals surface area (Å²) in [5, 5.41) is 7.63. The normalized spacial score (nSPS) is 14.8. The third-order valence-electron chi connectivity index (χ3n) is 10.2. The Bertz CT molecular complexity index is 2740. The third-order valence-corrected chi connectivity index (χ3v) is 10.2. The second-order valence-electron chi connectivity index (χ2n) is 12.9. The van der Waals surface area contributed by atoms with Crippen molar-refractivity contribution in [3.8, 4) is 16.8 Å². The molecule has 2 nitrogen and oxygen atoms in total. The van der Waals surface area contributed by atoms with Crippen molar-refractivity contribution >= 4 is 60.1 Å². The first-order valence-electron chi connectivity index (χ1n) is 16.8. The van der Waals surface area contributed by atoms with Crippen LogP contribution in [0, 0.1) is 0 Å². The molecule has 0 saturated carbocycles. The predicted molar refractivity (Wildman–Crippen MR) is 204 cm³/mol. The zero-order chi connectivity index (χ0) is 31.6. The zero-order valence-corrected chi connectivity index (χ0v) is 26.4. The van der Waals surface area contributed by atoms with Crippen molar-refractivity contribution in [2.75, 3.05) is 0 Å². The summed E-state index contributed by atoms with van der Waals surface area (Å²) in [4.78, 5) is 0. The smallest absolute Gasteiger partial charge is 0.0641 e. The average Bonchev–Trinajstić information content (AvgIpc) is 3.68. The van der Waals surface area contributed by atoms with Crippen molar-refractivity contribution in [2.45, 2.75) is 12.3 Å². The van der Waals surface area contributed by atoms with Crippen LogP contribution in [-0.2, 0) is 0 Å². The number of hydrogen-bond donors (Lipinski definition) is 0. The van der Waals surface area contributed by atoms with Crippen LogP contribution in [0.4, 0.5) is 0 Å². The second-order valence-corrected chi connectivity index (χ2v) is 12.9. The number of rotatable bonds is 4. The van der Waals surface area contributed by atoms with Gasteiger partial charge in [-0.15, -0.1) is 0 Å². The molecule has 2 aromatic heterocycles. The highest BCUT2D eigenvalue weighted by atomic mass is 15.0. The maximum absolute atomic E-state index is 2.51. The lowest BCUT2D eigenvalue weighted by Gasteiger charge is -2.19. The largest absolute Gasteiger partial charge is 0.309 e. The standard InChI is InChI=1S/C46H32N2/c1-2-10-31(11-3-1)33-18-20-34(21-19-33)35-22-25-37(26-23-35)48-42-16-8-6-14-39(42)40-28-29-44-45(46(40)48)41-15-7-9-17-43(41)47(44)38-27-24-32-12-4-5-13-36(32)30-38/h1-22,24-30,35H,23H2. The van der Waals surface area contributed by atoms with Gasteiger partial charge >= 0.3 is 0 Å². The Balaban J connectivity index is 1.14. The van der Waals surface area contributed by atoms with E-state index < -0.39 is 0 Å². The second kappa shape index (κ2) is 10.7. The van der Waals surface area contributed by atoms with Gasteiger partial charge in [-0.1, -0.05) is 140 Å². The van der Waals surface area contributed by atoms with Gasteiger partial charge in [-0.25, -0.2) is 0 Å². The topological polar surface area (TPSA) is 9.86 Å². The summed E-state index contributed by atoms with van der Waals surface area (Å²) in [5.41, 5.74) is 11.2. The van der Waals surface area contributed by atoms with Gasteiger partial charge in [0.2, 0.25) is 0 Å². The lowest BCUT2D eigenvalue weighted by Crippen LogP contribution is -2.03. The lowest BCUT2D eigenvalue weighted by molar-refractivity contribution is 0.850. The Morgan fingerprint density at radius 1 is 0.479 bits per heavy atom. The van der Waals surface area contributed by atoms with Crippen LogP contribution in [0.1, 0.15) is 17.9 Å². The van der Waals surface area contributed by atoms with E-state index >= 15 is 0 Å². The van der Waals surface area contributed by atoms with Gasteiger partial charge in [-0.3, -0.25) is 0 Å². The molecule has 0 fully saturated rings. The minimum absolute atomic E-state index is 0.349. The molecule has 226 valence electrons. The Morgan fingerprint density at radius 2 is 1.17 bits per heavy atom. The van der Waals surface area contributed by atoms with Gasteiger partial charge in [-0.2, -0.15) is 0 Å². The van der Waals surface area contributed by atoms with Gasteiger partial charge in [-0.05, 0) is 70.3 Å². The lowest BCUT2D eigenvalue weighted by atomic mass is 9.90. The number of aromatic nitrogens is 2. The first kappa shape index (κ1) is 27.0. The molecule has 1 atom stereocenters. The van der Waals surface area contributed by atoms with Crippen molar-refractivity contribution in [3.05, 3.63) is 182 Å². The highest BCUT2D eigenvalue weighted by Gasteiger charge is 2.22. The Kier molecular flexibility index (Phi) is 6.04. The molecule has 1 aliphatic carbocycles. The van der Waals surface area contributed by atoms with Crippen LogP contribution in [0.15, 0.2) is 176 Å². The van der Waals surface area contributed by atoms with E-state index in [1.54, 1.807) is 0 Å².